The maximum atomic E-state index is 11.6. The van der Waals surface area contributed by atoms with Gasteiger partial charge < -0.3 is 10.1 Å². The molecule has 2 amide bonds. The lowest BCUT2D eigenvalue weighted by atomic mass is 10.3. The van der Waals surface area contributed by atoms with Crippen molar-refractivity contribution in [3.8, 4) is 0 Å². The van der Waals surface area contributed by atoms with Crippen molar-refractivity contribution in [1.82, 2.24) is 10.3 Å². The molecule has 1 aromatic rings. The molecule has 1 aliphatic rings. The van der Waals surface area contributed by atoms with E-state index in [1.165, 1.54) is 0 Å². The minimum absolute atomic E-state index is 0.163. The maximum absolute atomic E-state index is 11.6. The highest BCUT2D eigenvalue weighted by Crippen LogP contribution is 2.11. The molecule has 1 aliphatic heterocycles. The molecule has 0 spiro atoms. The normalized spacial score (nSPS) is 19.4. The summed E-state index contributed by atoms with van der Waals surface area (Å²) in [5.74, 6) is 0.581. The van der Waals surface area contributed by atoms with Crippen molar-refractivity contribution < 1.29 is 9.53 Å². The van der Waals surface area contributed by atoms with Crippen LogP contribution in [-0.2, 0) is 4.74 Å². The van der Waals surface area contributed by atoms with Gasteiger partial charge >= 0.3 is 6.03 Å². The largest absolute Gasteiger partial charge is 0.358 e. The molecule has 1 aromatic heterocycles. The molecule has 2 rings (SSSR count). The first-order valence-corrected chi connectivity index (χ1v) is 5.36. The van der Waals surface area contributed by atoms with Crippen LogP contribution in [-0.4, -0.2) is 23.8 Å². The second-order valence-corrected chi connectivity index (χ2v) is 3.77. The number of hydrogen-bond donors (Lipinski definition) is 2. The smallest absolute Gasteiger partial charge is 0.322 e. The number of nitrogens with zero attached hydrogens (tertiary/aromatic N) is 1. The van der Waals surface area contributed by atoms with Crippen molar-refractivity contribution in [3.05, 3.63) is 23.9 Å². The van der Waals surface area contributed by atoms with Crippen LogP contribution in [0.15, 0.2) is 18.3 Å². The molecule has 5 heteroatoms. The first-order valence-electron chi connectivity index (χ1n) is 5.36. The first kappa shape index (κ1) is 10.9. The van der Waals surface area contributed by atoms with Crippen molar-refractivity contribution in [2.75, 3.05) is 11.9 Å². The van der Waals surface area contributed by atoms with Gasteiger partial charge in [0.25, 0.3) is 0 Å². The minimum atomic E-state index is -0.270. The highest BCUT2D eigenvalue weighted by atomic mass is 16.5. The Morgan fingerprint density at radius 3 is 3.19 bits per heavy atom. The Hall–Kier alpha value is -1.62. The Bertz CT molecular complexity index is 375. The number of ether oxygens (including phenoxy) is 1. The zero-order valence-electron chi connectivity index (χ0n) is 9.19. The fourth-order valence-electron chi connectivity index (χ4n) is 1.60. The highest BCUT2D eigenvalue weighted by Gasteiger charge is 2.17. The molecule has 1 atom stereocenters. The third kappa shape index (κ3) is 2.70. The Balaban J connectivity index is 1.89. The fourth-order valence-corrected chi connectivity index (χ4v) is 1.60. The Kier molecular flexibility index (Phi) is 3.36. The lowest BCUT2D eigenvalue weighted by Gasteiger charge is -2.13. The standard InChI is InChI=1S/C11H15N3O2/c1-8-4-2-6-12-10(8)14-11(15)13-9-5-3-7-16-9/h2,4,6,9H,3,5,7H2,1H3,(H2,12,13,14,15). The molecular formula is C11H15N3O2. The summed E-state index contributed by atoms with van der Waals surface area (Å²) in [6, 6.07) is 3.46. The van der Waals surface area contributed by atoms with Crippen LogP contribution in [0.2, 0.25) is 0 Å². The van der Waals surface area contributed by atoms with E-state index in [2.05, 4.69) is 15.6 Å². The average Bonchev–Trinajstić information content (AvgIpc) is 2.74. The molecular weight excluding hydrogens is 206 g/mol. The van der Waals surface area contributed by atoms with Gasteiger partial charge in [-0.2, -0.15) is 0 Å². The van der Waals surface area contributed by atoms with Gasteiger partial charge in [-0.25, -0.2) is 9.78 Å². The van der Waals surface area contributed by atoms with E-state index >= 15 is 0 Å². The minimum Gasteiger partial charge on any atom is -0.358 e. The van der Waals surface area contributed by atoms with Gasteiger partial charge in [-0.3, -0.25) is 5.32 Å². The number of aryl methyl sites for hydroxylation is 1. The Morgan fingerprint density at radius 2 is 2.50 bits per heavy atom. The van der Waals surface area contributed by atoms with Crippen molar-refractivity contribution >= 4 is 11.8 Å². The Labute approximate surface area is 94.2 Å². The quantitative estimate of drug-likeness (QED) is 0.798. The van der Waals surface area contributed by atoms with Gasteiger partial charge in [-0.1, -0.05) is 6.07 Å². The molecule has 1 fully saturated rings. The molecule has 1 unspecified atom stereocenters. The predicted octanol–water partition coefficient (Wildman–Crippen LogP) is 1.65. The Morgan fingerprint density at radius 1 is 1.62 bits per heavy atom. The van der Waals surface area contributed by atoms with Crippen molar-refractivity contribution in [3.63, 3.8) is 0 Å². The van der Waals surface area contributed by atoms with Gasteiger partial charge in [-0.15, -0.1) is 0 Å². The van der Waals surface area contributed by atoms with E-state index in [-0.39, 0.29) is 12.3 Å². The second kappa shape index (κ2) is 4.94. The number of pyridine rings is 1. The number of carbonyl (C=O) groups is 1. The summed E-state index contributed by atoms with van der Waals surface area (Å²) in [6.07, 6.45) is 3.35. The van der Waals surface area contributed by atoms with Crippen LogP contribution >= 0.6 is 0 Å². The van der Waals surface area contributed by atoms with E-state index < -0.39 is 0 Å². The molecule has 0 radical (unpaired) electrons. The molecule has 0 saturated carbocycles. The lowest BCUT2D eigenvalue weighted by Crippen LogP contribution is -2.37. The first-order chi connectivity index (χ1) is 7.75. The molecule has 0 bridgehead atoms. The van der Waals surface area contributed by atoms with Gasteiger partial charge in [0.15, 0.2) is 0 Å². The highest BCUT2D eigenvalue weighted by molar-refractivity contribution is 5.88. The summed E-state index contributed by atoms with van der Waals surface area (Å²) in [6.45, 7) is 2.61. The molecule has 0 aliphatic carbocycles. The van der Waals surface area contributed by atoms with Crippen molar-refractivity contribution in [1.29, 1.82) is 0 Å². The zero-order chi connectivity index (χ0) is 11.4. The number of carbonyl (C=O) groups excluding carboxylic acids is 1. The summed E-state index contributed by atoms with van der Waals surface area (Å²) in [7, 11) is 0. The van der Waals surface area contributed by atoms with Gasteiger partial charge in [-0.05, 0) is 31.4 Å². The van der Waals surface area contributed by atoms with Gasteiger partial charge in [0.2, 0.25) is 0 Å². The number of nitrogens with one attached hydrogen (secondary N) is 2. The van der Waals surface area contributed by atoms with Crippen molar-refractivity contribution in [2.24, 2.45) is 0 Å². The topological polar surface area (TPSA) is 63.2 Å². The van der Waals surface area contributed by atoms with Crippen LogP contribution in [0.5, 0.6) is 0 Å². The van der Waals surface area contributed by atoms with Gasteiger partial charge in [0.1, 0.15) is 12.0 Å². The molecule has 1 saturated heterocycles. The van der Waals surface area contributed by atoms with Crippen LogP contribution in [0.25, 0.3) is 0 Å². The van der Waals surface area contributed by atoms with E-state index in [4.69, 9.17) is 4.74 Å². The number of urea groups is 1. The van der Waals surface area contributed by atoms with Gasteiger partial charge in [0, 0.05) is 12.8 Å². The number of hydrogen-bond acceptors (Lipinski definition) is 3. The van der Waals surface area contributed by atoms with Crippen LogP contribution in [0, 0.1) is 6.92 Å². The van der Waals surface area contributed by atoms with Crippen LogP contribution in [0.1, 0.15) is 18.4 Å². The van der Waals surface area contributed by atoms with Crippen LogP contribution in [0.3, 0.4) is 0 Å². The van der Waals surface area contributed by atoms with Gasteiger partial charge in [0.05, 0.1) is 0 Å². The lowest BCUT2D eigenvalue weighted by molar-refractivity contribution is 0.0928. The number of rotatable bonds is 2. The average molecular weight is 221 g/mol. The van der Waals surface area contributed by atoms with Crippen LogP contribution < -0.4 is 10.6 Å². The summed E-state index contributed by atoms with van der Waals surface area (Å²) in [4.78, 5) is 15.7. The fraction of sp³-hybridized carbons (Fsp3) is 0.455. The van der Waals surface area contributed by atoms with E-state index in [0.29, 0.717) is 12.4 Å². The summed E-state index contributed by atoms with van der Waals surface area (Å²) >= 11 is 0. The van der Waals surface area contributed by atoms with Crippen molar-refractivity contribution in [2.45, 2.75) is 26.0 Å². The number of aromatic nitrogens is 1. The number of anilines is 1. The predicted molar refractivity (Wildman–Crippen MR) is 60.1 cm³/mol. The summed E-state index contributed by atoms with van der Waals surface area (Å²) in [5, 5.41) is 5.44. The van der Waals surface area contributed by atoms with Crippen LogP contribution in [0.4, 0.5) is 10.6 Å². The monoisotopic (exact) mass is 221 g/mol. The second-order valence-electron chi connectivity index (χ2n) is 3.77. The third-order valence-electron chi connectivity index (χ3n) is 2.46. The number of amides is 2. The maximum Gasteiger partial charge on any atom is 0.322 e. The summed E-state index contributed by atoms with van der Waals surface area (Å²) in [5.41, 5.74) is 0.935. The third-order valence-corrected chi connectivity index (χ3v) is 2.46. The van der Waals surface area contributed by atoms with E-state index in [9.17, 15) is 4.79 Å². The SMILES string of the molecule is Cc1cccnc1NC(=O)NC1CCCO1. The summed E-state index contributed by atoms with van der Waals surface area (Å²) < 4.78 is 5.30. The van der Waals surface area contributed by atoms with E-state index in [1.807, 2.05) is 19.1 Å². The zero-order valence-corrected chi connectivity index (χ0v) is 9.19. The molecule has 16 heavy (non-hydrogen) atoms. The molecule has 5 nitrogen and oxygen atoms in total. The molecule has 86 valence electrons. The van der Waals surface area contributed by atoms with E-state index in [0.717, 1.165) is 18.4 Å². The molecule has 2 N–H and O–H groups in total. The molecule has 0 aromatic carbocycles. The van der Waals surface area contributed by atoms with E-state index in [1.54, 1.807) is 6.20 Å². The molecule has 2 heterocycles.